The number of phosphoric ester groups is 1. The number of aromatic nitrogens is 2. The first-order valence-corrected chi connectivity index (χ1v) is 12.6. The number of anilines is 1. The maximum atomic E-state index is 12.0. The highest BCUT2D eigenvalue weighted by molar-refractivity contribution is 8.11. The number of amides is 1. The van der Waals surface area contributed by atoms with Crippen LogP contribution in [0.3, 0.4) is 0 Å². The van der Waals surface area contributed by atoms with E-state index in [-0.39, 0.29) is 31.0 Å². The number of aryl methyl sites for hydroxylation is 1. The zero-order valence-corrected chi connectivity index (χ0v) is 21.1. The summed E-state index contributed by atoms with van der Waals surface area (Å²) in [6.07, 6.45) is 2.08. The van der Waals surface area contributed by atoms with Crippen LogP contribution in [0.25, 0.3) is 4.91 Å². The van der Waals surface area contributed by atoms with E-state index in [9.17, 15) is 19.3 Å². The fourth-order valence-electron chi connectivity index (χ4n) is 2.94. The number of benzene rings is 1. The van der Waals surface area contributed by atoms with Gasteiger partial charge < -0.3 is 25.5 Å². The molecule has 11 nitrogen and oxygen atoms in total. The molecule has 188 valence electrons. The zero-order valence-electron chi connectivity index (χ0n) is 19.4. The highest BCUT2D eigenvalue weighted by atomic mass is 32.2. The lowest BCUT2D eigenvalue weighted by Gasteiger charge is -2.23. The normalized spacial score (nSPS) is 13.1. The second-order valence-electron chi connectivity index (χ2n) is 7.37. The van der Waals surface area contributed by atoms with Gasteiger partial charge in [-0.3, -0.25) is 9.32 Å². The summed E-state index contributed by atoms with van der Waals surface area (Å²) in [6.45, 7) is 4.45. The maximum absolute atomic E-state index is 12.0. The molecule has 0 saturated carbocycles. The molecule has 0 atom stereocenters. The predicted molar refractivity (Wildman–Crippen MR) is 132 cm³/mol. The first-order chi connectivity index (χ1) is 16.4. The van der Waals surface area contributed by atoms with Gasteiger partial charge in [-0.05, 0) is 26.3 Å². The van der Waals surface area contributed by atoms with Crippen molar-refractivity contribution in [2.45, 2.75) is 33.7 Å². The number of thioether (sulfide) groups is 1. The summed E-state index contributed by atoms with van der Waals surface area (Å²) >= 11 is 1.08. The number of carboxylic acids is 1. The van der Waals surface area contributed by atoms with Gasteiger partial charge in [0.15, 0.2) is 0 Å². The van der Waals surface area contributed by atoms with E-state index in [1.54, 1.807) is 44.2 Å². The van der Waals surface area contributed by atoms with Crippen LogP contribution in [0.15, 0.2) is 52.7 Å². The number of carbonyl (C=O) groups is 2. The summed E-state index contributed by atoms with van der Waals surface area (Å²) in [5.74, 6) is -0.441. The van der Waals surface area contributed by atoms with Crippen LogP contribution in [-0.4, -0.2) is 48.7 Å². The molecule has 0 bridgehead atoms. The molecule has 1 aromatic heterocycles. The number of carbonyl (C=O) groups excluding carboxylic acids is 1. The number of rotatable bonds is 12. The molecule has 5 N–H and O–H groups in total. The van der Waals surface area contributed by atoms with Crippen LogP contribution >= 0.6 is 19.6 Å². The molecule has 1 aromatic carbocycles. The van der Waals surface area contributed by atoms with E-state index in [4.69, 9.17) is 15.5 Å². The number of allylic oxidation sites excluding steroid dienone is 1. The summed E-state index contributed by atoms with van der Waals surface area (Å²) in [6, 6.07) is 8.80. The molecule has 0 saturated heterocycles. The molecule has 0 aliphatic heterocycles. The van der Waals surface area contributed by atoms with Crippen LogP contribution in [0.4, 0.5) is 5.82 Å². The van der Waals surface area contributed by atoms with E-state index in [0.29, 0.717) is 38.9 Å². The number of phosphoric acid groups is 1. The van der Waals surface area contributed by atoms with Gasteiger partial charge in [0.2, 0.25) is 6.41 Å². The first-order valence-electron chi connectivity index (χ1n) is 10.3. The molecule has 1 heterocycles. The Hall–Kier alpha value is -3.02. The molecule has 0 aliphatic carbocycles. The van der Waals surface area contributed by atoms with Crippen molar-refractivity contribution in [2.75, 3.05) is 12.3 Å². The van der Waals surface area contributed by atoms with Gasteiger partial charge in [-0.2, -0.15) is 0 Å². The van der Waals surface area contributed by atoms with Gasteiger partial charge in [0.1, 0.15) is 11.6 Å². The first kappa shape index (κ1) is 28.2. The van der Waals surface area contributed by atoms with Gasteiger partial charge in [-0.25, -0.2) is 19.3 Å². The number of nitrogens with two attached hydrogens (primary N) is 1. The Morgan fingerprint density at radius 3 is 2.46 bits per heavy atom. The van der Waals surface area contributed by atoms with Crippen LogP contribution in [0, 0.1) is 6.92 Å². The number of hydrogen-bond donors (Lipinski definition) is 4. The van der Waals surface area contributed by atoms with E-state index >= 15 is 0 Å². The van der Waals surface area contributed by atoms with Crippen LogP contribution in [0.1, 0.15) is 37.2 Å². The molecule has 0 radical (unpaired) electrons. The van der Waals surface area contributed by atoms with Crippen molar-refractivity contribution in [1.29, 1.82) is 0 Å². The summed E-state index contributed by atoms with van der Waals surface area (Å²) in [4.78, 5) is 52.4. The highest BCUT2D eigenvalue weighted by Crippen LogP contribution is 2.42. The van der Waals surface area contributed by atoms with Crippen molar-refractivity contribution in [3.8, 4) is 0 Å². The van der Waals surface area contributed by atoms with Crippen LogP contribution in [0.5, 0.6) is 0 Å². The smallest absolute Gasteiger partial charge is 0.469 e. The fraction of sp³-hybridized carbons (Fsp3) is 0.273. The van der Waals surface area contributed by atoms with Gasteiger partial charge in [0.25, 0.3) is 0 Å². The Morgan fingerprint density at radius 2 is 1.91 bits per heavy atom. The minimum absolute atomic E-state index is 0.00490. The summed E-state index contributed by atoms with van der Waals surface area (Å²) < 4.78 is 15.8. The lowest BCUT2D eigenvalue weighted by atomic mass is 10.1. The Balaban J connectivity index is 2.52. The van der Waals surface area contributed by atoms with Gasteiger partial charge in [0, 0.05) is 39.3 Å². The minimum Gasteiger partial charge on any atom is -0.478 e. The lowest BCUT2D eigenvalue weighted by Crippen LogP contribution is -2.22. The summed E-state index contributed by atoms with van der Waals surface area (Å²) in [7, 11) is -4.73. The number of carboxylic acid groups (broad SMARTS) is 1. The monoisotopic (exact) mass is 522 g/mol. The molecule has 2 aromatic rings. The number of aliphatic carboxylic acids is 1. The minimum atomic E-state index is -4.73. The van der Waals surface area contributed by atoms with Gasteiger partial charge in [-0.1, -0.05) is 42.1 Å². The Morgan fingerprint density at radius 1 is 1.26 bits per heavy atom. The average Bonchev–Trinajstić information content (AvgIpc) is 2.79. The second kappa shape index (κ2) is 12.6. The third-order valence-corrected chi connectivity index (χ3v) is 6.84. The molecule has 2 rings (SSSR count). The van der Waals surface area contributed by atoms with Crippen molar-refractivity contribution in [3.05, 3.63) is 69.7 Å². The topological polar surface area (TPSA) is 176 Å². The van der Waals surface area contributed by atoms with Crippen molar-refractivity contribution < 1.29 is 33.6 Å². The quantitative estimate of drug-likeness (QED) is 0.183. The number of nitrogen functional groups attached to an aromatic ring is 1. The van der Waals surface area contributed by atoms with Crippen molar-refractivity contribution in [3.63, 3.8) is 0 Å². The molecular weight excluding hydrogens is 495 g/mol. The largest absolute Gasteiger partial charge is 0.478 e. The van der Waals surface area contributed by atoms with E-state index in [1.807, 2.05) is 0 Å². The SMILES string of the molecule is C/C(=C(\CCOP(=O)(O)O)S/C(=C(\C)C(=O)O)c1ccccc1)N(C=O)Cc1cnc(C)nc1N. The number of nitrogens with zero attached hydrogens (tertiary/aromatic N) is 3. The molecule has 35 heavy (non-hydrogen) atoms. The van der Waals surface area contributed by atoms with Crippen LogP contribution < -0.4 is 5.73 Å². The maximum Gasteiger partial charge on any atom is 0.469 e. The van der Waals surface area contributed by atoms with Crippen molar-refractivity contribution in [2.24, 2.45) is 0 Å². The third kappa shape index (κ3) is 8.61. The van der Waals surface area contributed by atoms with Crippen LogP contribution in [-0.2, 0) is 25.2 Å². The van der Waals surface area contributed by atoms with Gasteiger partial charge in [-0.15, -0.1) is 0 Å². The Labute approximate surface area is 207 Å². The highest BCUT2D eigenvalue weighted by Gasteiger charge is 2.21. The molecule has 13 heteroatoms. The lowest BCUT2D eigenvalue weighted by molar-refractivity contribution is -0.132. The number of hydrogen-bond acceptors (Lipinski definition) is 8. The average molecular weight is 523 g/mol. The molecule has 0 fully saturated rings. The summed E-state index contributed by atoms with van der Waals surface area (Å²) in [5.41, 5.74) is 7.58. The Kier molecular flexibility index (Phi) is 10.2. The van der Waals surface area contributed by atoms with E-state index in [0.717, 1.165) is 11.8 Å². The summed E-state index contributed by atoms with van der Waals surface area (Å²) in [5, 5.41) is 9.64. The third-order valence-electron chi connectivity index (χ3n) is 4.83. The second-order valence-corrected chi connectivity index (χ2v) is 9.72. The van der Waals surface area contributed by atoms with E-state index < -0.39 is 13.8 Å². The zero-order chi connectivity index (χ0) is 26.2. The predicted octanol–water partition coefficient (Wildman–Crippen LogP) is 3.31. The molecule has 0 aliphatic rings. The molecular formula is C22H27N4O7PS. The molecule has 1 amide bonds. The molecule has 0 spiro atoms. The van der Waals surface area contributed by atoms with Crippen LogP contribution in [0.2, 0.25) is 0 Å². The van der Waals surface area contributed by atoms with Crippen molar-refractivity contribution >= 4 is 42.7 Å². The van der Waals surface area contributed by atoms with Gasteiger partial charge in [0.05, 0.1) is 13.2 Å². The fourth-order valence-corrected chi connectivity index (χ4v) is 4.46. The van der Waals surface area contributed by atoms with E-state index in [2.05, 4.69) is 14.5 Å². The van der Waals surface area contributed by atoms with Gasteiger partial charge >= 0.3 is 13.8 Å². The standard InChI is InChI=1S/C22H27N4O7PS/c1-14(22(28)29)20(17-7-5-4-6-8-17)35-19(9-10-33-34(30,31)32)15(2)26(13-27)12-18-11-24-16(3)25-21(18)23/h4-8,11,13H,9-10,12H2,1-3H3,(H,28,29)(H2,23,24,25)(H2,30,31,32)/b19-15-,20-14+. The van der Waals surface area contributed by atoms with E-state index in [1.165, 1.54) is 18.0 Å². The molecule has 0 unspecified atom stereocenters. The van der Waals surface area contributed by atoms with Crippen molar-refractivity contribution in [1.82, 2.24) is 14.9 Å². The Bertz CT molecular complexity index is 1180.